The first-order valence-electron chi connectivity index (χ1n) is 10.7. The first-order valence-corrected chi connectivity index (χ1v) is 10.7. The van der Waals surface area contributed by atoms with Crippen LogP contribution in [-0.4, -0.2) is 25.1 Å². The van der Waals surface area contributed by atoms with Gasteiger partial charge in [-0.3, -0.25) is 14.3 Å². The van der Waals surface area contributed by atoms with E-state index in [0.717, 1.165) is 40.7 Å². The van der Waals surface area contributed by atoms with Gasteiger partial charge in [0.25, 0.3) is 5.56 Å². The van der Waals surface area contributed by atoms with Crippen LogP contribution in [0.25, 0.3) is 34.3 Å². The van der Waals surface area contributed by atoms with Gasteiger partial charge >= 0.3 is 0 Å². The molecular formula is C25H23N5O. The Hall–Kier alpha value is -3.51. The van der Waals surface area contributed by atoms with Crippen LogP contribution in [0.1, 0.15) is 35.7 Å². The van der Waals surface area contributed by atoms with Crippen molar-refractivity contribution in [3.05, 3.63) is 82.5 Å². The van der Waals surface area contributed by atoms with Crippen LogP contribution in [0.2, 0.25) is 0 Å². The van der Waals surface area contributed by atoms with Gasteiger partial charge in [-0.05, 0) is 55.2 Å². The van der Waals surface area contributed by atoms with Crippen LogP contribution in [0.5, 0.6) is 0 Å². The fraction of sp³-hybridized carbons (Fsp3) is 0.240. The molecule has 1 fully saturated rings. The molecule has 2 bridgehead atoms. The standard InChI is InChI=1S/C25H23N5O/c1-3-29-21-13-17-5-8-20(27-17)24(21)18-6-9-22(28-25(18)29)30-11-10-16(12-23(30)31)19-7-4-15(2)14-26-19/h3-4,6-7,9-12,14,17,20,27H,1,5,8,13H2,2H3. The Bertz CT molecular complexity index is 1400. The summed E-state index contributed by atoms with van der Waals surface area (Å²) in [5.74, 6) is 0.608. The molecule has 6 rings (SSSR count). The lowest BCUT2D eigenvalue weighted by Gasteiger charge is -2.22. The third kappa shape index (κ3) is 2.79. The Kier molecular flexibility index (Phi) is 3.98. The topological polar surface area (TPSA) is 64.7 Å². The molecule has 0 aliphatic carbocycles. The average molecular weight is 409 g/mol. The normalized spacial score (nSPS) is 19.5. The Morgan fingerprint density at radius 2 is 2.10 bits per heavy atom. The van der Waals surface area contributed by atoms with Crippen molar-refractivity contribution in [2.45, 2.75) is 38.3 Å². The van der Waals surface area contributed by atoms with Gasteiger partial charge in [0.15, 0.2) is 0 Å². The van der Waals surface area contributed by atoms with Crippen molar-refractivity contribution in [3.8, 4) is 17.1 Å². The zero-order valence-corrected chi connectivity index (χ0v) is 17.4. The molecule has 6 heteroatoms. The number of fused-ring (bicyclic) bond motifs is 6. The molecule has 0 aromatic carbocycles. The molecule has 0 amide bonds. The van der Waals surface area contributed by atoms with Crippen LogP contribution >= 0.6 is 0 Å². The molecule has 31 heavy (non-hydrogen) atoms. The van der Waals surface area contributed by atoms with Gasteiger partial charge in [-0.2, -0.15) is 0 Å². The van der Waals surface area contributed by atoms with Gasteiger partial charge in [0.05, 0.1) is 5.69 Å². The third-order valence-electron chi connectivity index (χ3n) is 6.57. The lowest BCUT2D eigenvalue weighted by Crippen LogP contribution is -2.32. The van der Waals surface area contributed by atoms with Crippen molar-refractivity contribution in [1.82, 2.24) is 24.4 Å². The minimum atomic E-state index is -0.131. The van der Waals surface area contributed by atoms with Gasteiger partial charge in [0.1, 0.15) is 11.5 Å². The molecule has 1 N–H and O–H groups in total. The summed E-state index contributed by atoms with van der Waals surface area (Å²) in [6.45, 7) is 6.02. The van der Waals surface area contributed by atoms with E-state index in [2.05, 4.69) is 27.5 Å². The molecule has 0 spiro atoms. The molecule has 4 aromatic heterocycles. The highest BCUT2D eigenvalue weighted by Gasteiger charge is 2.36. The molecule has 2 aliphatic heterocycles. The minimum Gasteiger partial charge on any atom is -0.307 e. The van der Waals surface area contributed by atoms with E-state index in [9.17, 15) is 4.79 Å². The zero-order chi connectivity index (χ0) is 21.1. The summed E-state index contributed by atoms with van der Waals surface area (Å²) in [7, 11) is 0. The second kappa shape index (κ2) is 6.75. The lowest BCUT2D eigenvalue weighted by molar-refractivity contribution is 0.509. The number of aromatic nitrogens is 4. The molecule has 6 nitrogen and oxygen atoms in total. The number of hydrogen-bond acceptors (Lipinski definition) is 4. The van der Waals surface area contributed by atoms with Gasteiger partial charge in [0.2, 0.25) is 0 Å². The smallest absolute Gasteiger partial charge is 0.256 e. The van der Waals surface area contributed by atoms with Crippen LogP contribution in [0.3, 0.4) is 0 Å². The third-order valence-corrected chi connectivity index (χ3v) is 6.57. The number of pyridine rings is 3. The molecule has 0 radical (unpaired) electrons. The maximum Gasteiger partial charge on any atom is 0.256 e. The maximum absolute atomic E-state index is 12.9. The van der Waals surface area contributed by atoms with Crippen molar-refractivity contribution >= 4 is 17.2 Å². The predicted molar refractivity (Wildman–Crippen MR) is 122 cm³/mol. The Balaban J connectivity index is 1.46. The van der Waals surface area contributed by atoms with Gasteiger partial charge < -0.3 is 9.88 Å². The maximum atomic E-state index is 12.9. The highest BCUT2D eigenvalue weighted by Crippen LogP contribution is 2.41. The summed E-state index contributed by atoms with van der Waals surface area (Å²) in [4.78, 5) is 22.2. The Labute approximate surface area is 179 Å². The quantitative estimate of drug-likeness (QED) is 0.555. The highest BCUT2D eigenvalue weighted by atomic mass is 16.1. The van der Waals surface area contributed by atoms with Crippen molar-refractivity contribution in [2.75, 3.05) is 0 Å². The number of rotatable bonds is 3. The van der Waals surface area contributed by atoms with E-state index in [1.54, 1.807) is 16.8 Å². The Morgan fingerprint density at radius 3 is 2.87 bits per heavy atom. The van der Waals surface area contributed by atoms with Crippen LogP contribution in [-0.2, 0) is 6.42 Å². The highest BCUT2D eigenvalue weighted by molar-refractivity contribution is 5.86. The first kappa shape index (κ1) is 18.3. The molecule has 154 valence electrons. The van der Waals surface area contributed by atoms with Crippen molar-refractivity contribution in [3.63, 3.8) is 0 Å². The van der Waals surface area contributed by atoms with Gasteiger partial charge in [-0.25, -0.2) is 4.98 Å². The van der Waals surface area contributed by atoms with E-state index in [1.165, 1.54) is 17.7 Å². The van der Waals surface area contributed by atoms with Crippen LogP contribution in [0.4, 0.5) is 0 Å². The summed E-state index contributed by atoms with van der Waals surface area (Å²) in [5, 5.41) is 4.86. The van der Waals surface area contributed by atoms with E-state index in [0.29, 0.717) is 17.9 Å². The van der Waals surface area contributed by atoms with Crippen molar-refractivity contribution in [2.24, 2.45) is 0 Å². The summed E-state index contributed by atoms with van der Waals surface area (Å²) in [5.41, 5.74) is 6.05. The van der Waals surface area contributed by atoms with Crippen LogP contribution in [0.15, 0.2) is 60.2 Å². The predicted octanol–water partition coefficient (Wildman–Crippen LogP) is 4.01. The fourth-order valence-electron chi connectivity index (χ4n) is 5.08. The van der Waals surface area contributed by atoms with Gasteiger partial charge in [-0.1, -0.05) is 12.6 Å². The van der Waals surface area contributed by atoms with Crippen molar-refractivity contribution < 1.29 is 0 Å². The molecule has 4 aromatic rings. The Morgan fingerprint density at radius 1 is 1.19 bits per heavy atom. The number of nitrogens with one attached hydrogen (secondary N) is 1. The largest absolute Gasteiger partial charge is 0.307 e. The molecule has 1 saturated heterocycles. The van der Waals surface area contributed by atoms with E-state index < -0.39 is 0 Å². The second-order valence-corrected chi connectivity index (χ2v) is 8.50. The summed E-state index contributed by atoms with van der Waals surface area (Å²) < 4.78 is 3.69. The zero-order valence-electron chi connectivity index (χ0n) is 17.4. The van der Waals surface area contributed by atoms with E-state index in [1.807, 2.05) is 43.6 Å². The van der Waals surface area contributed by atoms with E-state index >= 15 is 0 Å². The monoisotopic (exact) mass is 409 g/mol. The summed E-state index contributed by atoms with van der Waals surface area (Å²) in [6.07, 6.45) is 8.78. The molecule has 0 saturated carbocycles. The number of hydrogen-bond donors (Lipinski definition) is 1. The van der Waals surface area contributed by atoms with E-state index in [4.69, 9.17) is 4.98 Å². The fourth-order valence-corrected chi connectivity index (χ4v) is 5.08. The lowest BCUT2D eigenvalue weighted by atomic mass is 10.00. The molecular weight excluding hydrogens is 386 g/mol. The van der Waals surface area contributed by atoms with Gasteiger partial charge in [-0.15, -0.1) is 0 Å². The minimum absolute atomic E-state index is 0.131. The molecule has 6 heterocycles. The SMILES string of the molecule is C=Cn1c2c(c3ccc(-n4ccc(-c5ccc(C)cn5)cc4=O)nc31)C1CCC(C2)N1. The van der Waals surface area contributed by atoms with Crippen LogP contribution in [0, 0.1) is 6.92 Å². The average Bonchev–Trinajstić information content (AvgIpc) is 3.31. The van der Waals surface area contributed by atoms with Crippen LogP contribution < -0.4 is 10.9 Å². The summed E-state index contributed by atoms with van der Waals surface area (Å²) in [6, 6.07) is 12.4. The molecule has 2 atom stereocenters. The first-order chi connectivity index (χ1) is 15.1. The van der Waals surface area contributed by atoms with E-state index in [-0.39, 0.29) is 5.56 Å². The molecule has 2 aliphatic rings. The second-order valence-electron chi connectivity index (χ2n) is 8.50. The number of aryl methyl sites for hydroxylation is 1. The van der Waals surface area contributed by atoms with Gasteiger partial charge in [0, 0.05) is 59.8 Å². The molecule has 2 unspecified atom stereocenters. The van der Waals surface area contributed by atoms with Crippen molar-refractivity contribution in [1.29, 1.82) is 0 Å². The number of nitrogens with zero attached hydrogens (tertiary/aromatic N) is 4. The summed E-state index contributed by atoms with van der Waals surface area (Å²) >= 11 is 0.